The fourth-order valence-corrected chi connectivity index (χ4v) is 8.65. The Balaban J connectivity index is 0.849. The Hall–Kier alpha value is -6.40. The van der Waals surface area contributed by atoms with Gasteiger partial charge in [0.1, 0.15) is 30.0 Å². The maximum absolute atomic E-state index is 13.9. The molecule has 2 fully saturated rings. The monoisotopic (exact) mass is 989 g/mol. The Bertz CT molecular complexity index is 2510. The molecule has 70 heavy (non-hydrogen) atoms. The van der Waals surface area contributed by atoms with Crippen molar-refractivity contribution >= 4 is 52.3 Å². The van der Waals surface area contributed by atoms with Gasteiger partial charge in [-0.1, -0.05) is 45.0 Å². The predicted molar refractivity (Wildman–Crippen MR) is 256 cm³/mol. The number of aliphatic hydroxyl groups is 1. The van der Waals surface area contributed by atoms with Gasteiger partial charge in [0, 0.05) is 50.6 Å². The summed E-state index contributed by atoms with van der Waals surface area (Å²) >= 11 is 5.62. The van der Waals surface area contributed by atoms with Gasteiger partial charge in [-0.25, -0.2) is 4.98 Å². The zero-order valence-corrected chi connectivity index (χ0v) is 40.5. The smallest absolute Gasteiger partial charge is 0.417 e. The number of benzene rings is 3. The second kappa shape index (κ2) is 23.0. The number of β-amino-alcohol motifs (C(OH)–C–C–N with tert-alkyl or cyclic N) is 1. The van der Waals surface area contributed by atoms with Gasteiger partial charge >= 0.3 is 6.18 Å². The minimum atomic E-state index is -4.80. The number of rotatable bonds is 21. The van der Waals surface area contributed by atoms with Crippen molar-refractivity contribution in [2.24, 2.45) is 5.41 Å². The lowest BCUT2D eigenvalue weighted by Gasteiger charge is -2.35. The fourth-order valence-electron chi connectivity index (χ4n) is 8.13. The van der Waals surface area contributed by atoms with E-state index in [1.165, 1.54) is 17.4 Å². The zero-order valence-electron chi connectivity index (χ0n) is 39.7. The SMILES string of the molecule is CC(C)(C)[C@H](NC(=O)COCCCOCCCCCOc1ccc(N2C(=S)N(c3ccc(C#N)c(C(F)(F)F)c3)C(=O)C2(C)C)cc1)C(=O)N1C[C@H](O)C[C@H]1C(=O)NCc1ccc(-c2cnco2)cc1. The molecule has 0 spiro atoms. The highest BCUT2D eigenvalue weighted by Gasteiger charge is 2.51. The minimum Gasteiger partial charge on any atom is -0.494 e. The number of thiocarbonyl (C=S) groups is 1. The largest absolute Gasteiger partial charge is 0.494 e. The number of halogens is 3. The van der Waals surface area contributed by atoms with Gasteiger partial charge in [-0.05, 0) is 105 Å². The average molecular weight is 990 g/mol. The predicted octanol–water partition coefficient (Wildman–Crippen LogP) is 6.93. The molecule has 2 saturated heterocycles. The van der Waals surface area contributed by atoms with Crippen molar-refractivity contribution in [3.63, 3.8) is 0 Å². The second-order valence-electron chi connectivity index (χ2n) is 18.6. The van der Waals surface area contributed by atoms with Crippen molar-refractivity contribution in [1.29, 1.82) is 5.26 Å². The first kappa shape index (κ1) is 53.0. The van der Waals surface area contributed by atoms with Crippen LogP contribution in [0.1, 0.15) is 83.4 Å². The van der Waals surface area contributed by atoms with Gasteiger partial charge in [-0.15, -0.1) is 0 Å². The summed E-state index contributed by atoms with van der Waals surface area (Å²) in [7, 11) is 0. The van der Waals surface area contributed by atoms with Crippen LogP contribution in [-0.4, -0.2) is 107 Å². The summed E-state index contributed by atoms with van der Waals surface area (Å²) in [6.07, 6.45) is 0.259. The summed E-state index contributed by atoms with van der Waals surface area (Å²) in [5, 5.41) is 25.4. The van der Waals surface area contributed by atoms with E-state index in [-0.39, 0.29) is 43.5 Å². The third-order valence-electron chi connectivity index (χ3n) is 11.9. The highest BCUT2D eigenvalue weighted by Crippen LogP contribution is 2.40. The van der Waals surface area contributed by atoms with Gasteiger partial charge in [0.05, 0.1) is 41.8 Å². The van der Waals surface area contributed by atoms with E-state index in [1.54, 1.807) is 55.3 Å². The molecule has 4 aromatic rings. The van der Waals surface area contributed by atoms with Crippen LogP contribution in [0.5, 0.6) is 5.75 Å². The highest BCUT2D eigenvalue weighted by molar-refractivity contribution is 7.81. The number of nitrogens with zero attached hydrogens (tertiary/aromatic N) is 5. The number of carbonyl (C=O) groups is 4. The highest BCUT2D eigenvalue weighted by atomic mass is 32.1. The van der Waals surface area contributed by atoms with E-state index in [2.05, 4.69) is 15.6 Å². The maximum atomic E-state index is 13.9. The first-order valence-electron chi connectivity index (χ1n) is 22.9. The summed E-state index contributed by atoms with van der Waals surface area (Å²) in [6.45, 7) is 10.2. The van der Waals surface area contributed by atoms with E-state index in [9.17, 15) is 42.7 Å². The van der Waals surface area contributed by atoms with E-state index in [4.69, 9.17) is 30.8 Å². The number of hydrogen-bond donors (Lipinski definition) is 3. The normalized spacial score (nSPS) is 17.4. The van der Waals surface area contributed by atoms with Gasteiger partial charge in [0.25, 0.3) is 5.91 Å². The van der Waals surface area contributed by atoms with Crippen LogP contribution in [0.4, 0.5) is 24.5 Å². The molecule has 1 aromatic heterocycles. The molecule has 0 saturated carbocycles. The van der Waals surface area contributed by atoms with Gasteiger partial charge < -0.3 is 44.2 Å². The van der Waals surface area contributed by atoms with Gasteiger partial charge in [0.15, 0.2) is 17.3 Å². The van der Waals surface area contributed by atoms with Crippen LogP contribution in [0.25, 0.3) is 11.3 Å². The number of aliphatic hydroxyl groups excluding tert-OH is 1. The molecule has 2 aliphatic heterocycles. The molecule has 4 amide bonds. The third kappa shape index (κ3) is 13.1. The zero-order chi connectivity index (χ0) is 50.8. The summed E-state index contributed by atoms with van der Waals surface area (Å²) in [5.41, 5.74) is -1.51. The van der Waals surface area contributed by atoms with E-state index in [0.29, 0.717) is 43.4 Å². The Labute approximate surface area is 410 Å². The number of anilines is 2. The molecule has 2 aliphatic rings. The van der Waals surface area contributed by atoms with Crippen molar-refractivity contribution in [3.8, 4) is 23.1 Å². The Kier molecular flexibility index (Phi) is 17.4. The number of nitrogens with one attached hydrogen (secondary N) is 2. The molecule has 20 heteroatoms. The van der Waals surface area contributed by atoms with E-state index >= 15 is 0 Å². The number of ether oxygens (including phenoxy) is 3. The van der Waals surface area contributed by atoms with Crippen LogP contribution in [0.15, 0.2) is 83.7 Å². The standard InChI is InChI=1S/C50H58F3N7O9S/c1-48(2,3)43(45(64)58-29-37(61)25-40(58)44(63)56-27-32-10-12-33(13-11-32)41-28-55-31-69-41)57-42(62)30-67-22-9-21-66-20-7-6-8-23-68-38-18-16-35(17-19-38)60-47(70)59(46(65)49(60,4)5)36-15-14-34(26-54)39(24-36)50(51,52)53/h10-19,24,28,31,37,40,43,61H,6-9,20-23,25,27,29-30H2,1-5H3,(H,56,63)(H,57,62)/t37-,40+,43-/m1/s1. The molecule has 0 unspecified atom stereocenters. The van der Waals surface area contributed by atoms with E-state index < -0.39 is 70.1 Å². The molecule has 3 aromatic carbocycles. The summed E-state index contributed by atoms with van der Waals surface area (Å²) in [4.78, 5) is 61.6. The summed E-state index contributed by atoms with van der Waals surface area (Å²) in [6, 6.07) is 17.0. The van der Waals surface area contributed by atoms with E-state index in [1.807, 2.05) is 45.0 Å². The van der Waals surface area contributed by atoms with Crippen molar-refractivity contribution in [3.05, 3.63) is 96.0 Å². The van der Waals surface area contributed by atoms with Crippen molar-refractivity contribution in [2.45, 2.75) is 103 Å². The molecule has 0 radical (unpaired) electrons. The Morgan fingerprint density at radius 2 is 1.63 bits per heavy atom. The van der Waals surface area contributed by atoms with Crippen molar-refractivity contribution < 1.29 is 56.1 Å². The van der Waals surface area contributed by atoms with Gasteiger partial charge in [0.2, 0.25) is 17.7 Å². The van der Waals surface area contributed by atoms with Crippen LogP contribution < -0.4 is 25.2 Å². The number of nitriles is 1. The lowest BCUT2D eigenvalue weighted by molar-refractivity contribution is -0.144. The van der Waals surface area contributed by atoms with Crippen LogP contribution in [0.2, 0.25) is 0 Å². The Morgan fingerprint density at radius 1 is 0.957 bits per heavy atom. The fraction of sp³-hybridized carbons (Fsp3) is 0.460. The first-order valence-corrected chi connectivity index (χ1v) is 23.3. The molecule has 3 heterocycles. The number of alkyl halides is 3. The number of oxazole rings is 1. The molecule has 3 atom stereocenters. The number of carbonyl (C=O) groups excluding carboxylic acids is 4. The van der Waals surface area contributed by atoms with Crippen molar-refractivity contribution in [1.82, 2.24) is 20.5 Å². The number of unbranched alkanes of at least 4 members (excludes halogenated alkanes) is 2. The number of aromatic nitrogens is 1. The first-order chi connectivity index (χ1) is 33.2. The molecule has 16 nitrogen and oxygen atoms in total. The number of amides is 4. The molecule has 374 valence electrons. The van der Waals surface area contributed by atoms with Crippen LogP contribution in [0.3, 0.4) is 0 Å². The lowest BCUT2D eigenvalue weighted by atomic mass is 9.85. The molecular formula is C50H58F3N7O9S. The maximum Gasteiger partial charge on any atom is 0.417 e. The number of hydrogen-bond acceptors (Lipinski definition) is 12. The molecule has 3 N–H and O–H groups in total. The molecule has 0 bridgehead atoms. The van der Waals surface area contributed by atoms with Gasteiger partial charge in [-0.3, -0.25) is 24.1 Å². The number of likely N-dealkylation sites (tertiary alicyclic amines) is 1. The third-order valence-corrected chi connectivity index (χ3v) is 12.2. The quantitative estimate of drug-likeness (QED) is 0.0574. The molecular weight excluding hydrogens is 932 g/mol. The van der Waals surface area contributed by atoms with Crippen LogP contribution in [0, 0.1) is 16.7 Å². The van der Waals surface area contributed by atoms with Crippen molar-refractivity contribution in [2.75, 3.05) is 49.4 Å². The summed E-state index contributed by atoms with van der Waals surface area (Å²) < 4.78 is 63.6. The summed E-state index contributed by atoms with van der Waals surface area (Å²) in [5.74, 6) is -0.675. The van der Waals surface area contributed by atoms with Gasteiger partial charge in [-0.2, -0.15) is 18.4 Å². The lowest BCUT2D eigenvalue weighted by Crippen LogP contribution is -2.58. The Morgan fingerprint density at radius 3 is 2.29 bits per heavy atom. The molecule has 0 aliphatic carbocycles. The van der Waals surface area contributed by atoms with E-state index in [0.717, 1.165) is 47.4 Å². The van der Waals surface area contributed by atoms with Crippen LogP contribution >= 0.6 is 12.2 Å². The van der Waals surface area contributed by atoms with Crippen LogP contribution in [-0.2, 0) is 41.4 Å². The second-order valence-corrected chi connectivity index (χ2v) is 19.0. The average Bonchev–Trinajstić information content (AvgIpc) is 4.04. The topological polar surface area (TPSA) is 200 Å². The molecule has 6 rings (SSSR count). The minimum absolute atomic E-state index is 0.000923.